The molecule has 1 aromatic carbocycles. The Morgan fingerprint density at radius 2 is 1.93 bits per heavy atom. The summed E-state index contributed by atoms with van der Waals surface area (Å²) >= 11 is 0. The van der Waals surface area contributed by atoms with E-state index < -0.39 is 17.7 Å². The number of nitrogens with one attached hydrogen (secondary N) is 1. The van der Waals surface area contributed by atoms with Crippen LogP contribution in [0.3, 0.4) is 0 Å². The Balaban J connectivity index is 2.62. The summed E-state index contributed by atoms with van der Waals surface area (Å²) in [6.07, 6.45) is 0.0848. The second-order valence-corrected chi connectivity index (χ2v) is 2.74. The molecule has 3 nitrogen and oxygen atoms in total. The van der Waals surface area contributed by atoms with E-state index in [4.69, 9.17) is 5.73 Å². The molecule has 1 aromatic rings. The number of hydrogen-bond acceptors (Lipinski definition) is 1. The minimum atomic E-state index is -0.707. The van der Waals surface area contributed by atoms with Gasteiger partial charge in [-0.1, -0.05) is 6.07 Å². The smallest absolute Gasteiger partial charge is 0.312 e. The molecule has 0 saturated carbocycles. The number of primary amides is 1. The number of carbonyl (C=O) groups excluding carboxylic acids is 1. The third-order valence-electron chi connectivity index (χ3n) is 1.74. The van der Waals surface area contributed by atoms with Crippen molar-refractivity contribution >= 4 is 6.03 Å². The van der Waals surface area contributed by atoms with Crippen LogP contribution < -0.4 is 11.1 Å². The fourth-order valence-corrected chi connectivity index (χ4v) is 1.08. The summed E-state index contributed by atoms with van der Waals surface area (Å²) in [5.74, 6) is -1.23. The third kappa shape index (κ3) is 2.69. The van der Waals surface area contributed by atoms with Crippen molar-refractivity contribution in [3.63, 3.8) is 0 Å². The van der Waals surface area contributed by atoms with Gasteiger partial charge in [0.15, 0.2) is 0 Å². The molecule has 1 rings (SSSR count). The van der Waals surface area contributed by atoms with Gasteiger partial charge in [-0.3, -0.25) is 0 Å². The zero-order valence-corrected chi connectivity index (χ0v) is 7.39. The second kappa shape index (κ2) is 4.55. The Bertz CT molecular complexity index is 321. The van der Waals surface area contributed by atoms with Gasteiger partial charge in [0.2, 0.25) is 0 Å². The highest BCUT2D eigenvalue weighted by Gasteiger charge is 2.07. The van der Waals surface area contributed by atoms with Crippen molar-refractivity contribution < 1.29 is 13.6 Å². The van der Waals surface area contributed by atoms with E-state index in [1.807, 2.05) is 0 Å². The van der Waals surface area contributed by atoms with E-state index in [9.17, 15) is 13.6 Å². The van der Waals surface area contributed by atoms with E-state index in [-0.39, 0.29) is 18.5 Å². The van der Waals surface area contributed by atoms with Gasteiger partial charge in [-0.2, -0.15) is 0 Å². The highest BCUT2D eigenvalue weighted by Crippen LogP contribution is 2.11. The lowest BCUT2D eigenvalue weighted by molar-refractivity contribution is 0.249. The van der Waals surface area contributed by atoms with Crippen LogP contribution in [-0.4, -0.2) is 12.6 Å². The Hall–Kier alpha value is -1.65. The van der Waals surface area contributed by atoms with Crippen LogP contribution in [0, 0.1) is 11.6 Å². The summed E-state index contributed by atoms with van der Waals surface area (Å²) in [6, 6.07) is 2.92. The molecule has 14 heavy (non-hydrogen) atoms. The van der Waals surface area contributed by atoms with Gasteiger partial charge in [-0.15, -0.1) is 0 Å². The highest BCUT2D eigenvalue weighted by molar-refractivity contribution is 5.71. The summed E-state index contributed by atoms with van der Waals surface area (Å²) in [4.78, 5) is 10.3. The fourth-order valence-electron chi connectivity index (χ4n) is 1.08. The lowest BCUT2D eigenvalue weighted by Gasteiger charge is -2.04. The van der Waals surface area contributed by atoms with E-state index in [0.717, 1.165) is 0 Å². The van der Waals surface area contributed by atoms with Crippen LogP contribution in [0.4, 0.5) is 13.6 Å². The maximum absolute atomic E-state index is 13.0. The van der Waals surface area contributed by atoms with E-state index in [1.165, 1.54) is 18.2 Å². The van der Waals surface area contributed by atoms with Crippen molar-refractivity contribution in [2.45, 2.75) is 6.42 Å². The van der Waals surface area contributed by atoms with Crippen molar-refractivity contribution in [3.05, 3.63) is 35.4 Å². The Morgan fingerprint density at radius 3 is 2.43 bits per heavy atom. The summed E-state index contributed by atoms with van der Waals surface area (Å²) in [6.45, 7) is 0.118. The predicted molar refractivity (Wildman–Crippen MR) is 47.6 cm³/mol. The first-order valence-corrected chi connectivity index (χ1v) is 4.07. The molecule has 0 aliphatic carbocycles. The van der Waals surface area contributed by atoms with Crippen molar-refractivity contribution in [3.8, 4) is 0 Å². The molecule has 76 valence electrons. The van der Waals surface area contributed by atoms with Gasteiger partial charge < -0.3 is 11.1 Å². The number of amides is 2. The zero-order chi connectivity index (χ0) is 10.6. The van der Waals surface area contributed by atoms with Crippen LogP contribution in [0.15, 0.2) is 18.2 Å². The molecule has 0 saturated heterocycles. The van der Waals surface area contributed by atoms with Crippen molar-refractivity contribution in [1.82, 2.24) is 5.32 Å². The van der Waals surface area contributed by atoms with Gasteiger partial charge in [0.05, 0.1) is 0 Å². The summed E-state index contributed by atoms with van der Waals surface area (Å²) in [5, 5.41) is 2.25. The van der Waals surface area contributed by atoms with E-state index in [1.54, 1.807) is 0 Å². The molecular formula is C9H10F2N2O. The van der Waals surface area contributed by atoms with Crippen LogP contribution in [0.1, 0.15) is 5.56 Å². The molecule has 0 aliphatic heterocycles. The van der Waals surface area contributed by atoms with Gasteiger partial charge in [0.25, 0.3) is 0 Å². The average Bonchev–Trinajstić information content (AvgIpc) is 2.09. The Labute approximate surface area is 79.9 Å². The molecule has 0 radical (unpaired) electrons. The highest BCUT2D eigenvalue weighted by atomic mass is 19.1. The monoisotopic (exact) mass is 200 g/mol. The maximum Gasteiger partial charge on any atom is 0.312 e. The van der Waals surface area contributed by atoms with Crippen molar-refractivity contribution in [2.24, 2.45) is 5.73 Å². The minimum absolute atomic E-state index is 0.0405. The standard InChI is InChI=1S/C9H10F2N2O/c10-7-2-1-3-8(11)6(7)4-5-13-9(12)14/h1-3H,4-5H2,(H3,12,13,14). The number of urea groups is 1. The molecule has 3 N–H and O–H groups in total. The Morgan fingerprint density at radius 1 is 1.36 bits per heavy atom. The zero-order valence-electron chi connectivity index (χ0n) is 7.39. The molecule has 0 atom stereocenters. The number of benzene rings is 1. The summed E-state index contributed by atoms with van der Waals surface area (Å²) < 4.78 is 26.0. The Kier molecular flexibility index (Phi) is 3.39. The first-order chi connectivity index (χ1) is 6.61. The summed E-state index contributed by atoms with van der Waals surface area (Å²) in [5.41, 5.74) is 4.75. The normalized spacial score (nSPS) is 9.86. The van der Waals surface area contributed by atoms with E-state index in [0.29, 0.717) is 0 Å². The van der Waals surface area contributed by atoms with Gasteiger partial charge >= 0.3 is 6.03 Å². The van der Waals surface area contributed by atoms with Gasteiger partial charge in [-0.05, 0) is 18.6 Å². The van der Waals surface area contributed by atoms with Crippen molar-refractivity contribution in [1.29, 1.82) is 0 Å². The first kappa shape index (κ1) is 10.4. The number of nitrogens with two attached hydrogens (primary N) is 1. The molecular weight excluding hydrogens is 190 g/mol. The number of hydrogen-bond donors (Lipinski definition) is 2. The molecule has 2 amide bonds. The van der Waals surface area contributed by atoms with Gasteiger partial charge in [0.1, 0.15) is 11.6 Å². The SMILES string of the molecule is NC(=O)NCCc1c(F)cccc1F. The molecule has 0 bridgehead atoms. The molecule has 0 heterocycles. The fraction of sp³-hybridized carbons (Fsp3) is 0.222. The first-order valence-electron chi connectivity index (χ1n) is 4.07. The second-order valence-electron chi connectivity index (χ2n) is 2.74. The van der Waals surface area contributed by atoms with Crippen LogP contribution in [-0.2, 0) is 6.42 Å². The number of carbonyl (C=O) groups is 1. The topological polar surface area (TPSA) is 55.1 Å². The summed E-state index contributed by atoms with van der Waals surface area (Å²) in [7, 11) is 0. The minimum Gasteiger partial charge on any atom is -0.352 e. The molecule has 0 aromatic heterocycles. The van der Waals surface area contributed by atoms with Crippen molar-refractivity contribution in [2.75, 3.05) is 6.54 Å². The largest absolute Gasteiger partial charge is 0.352 e. The van der Waals surface area contributed by atoms with Gasteiger partial charge in [-0.25, -0.2) is 13.6 Å². The molecule has 0 aliphatic rings. The van der Waals surface area contributed by atoms with Crippen LogP contribution in [0.2, 0.25) is 0 Å². The maximum atomic E-state index is 13.0. The number of halogens is 2. The molecule has 0 unspecified atom stereocenters. The molecule has 0 fully saturated rings. The van der Waals surface area contributed by atoms with Crippen LogP contribution in [0.5, 0.6) is 0 Å². The average molecular weight is 200 g/mol. The predicted octanol–water partition coefficient (Wildman–Crippen LogP) is 1.18. The van der Waals surface area contributed by atoms with Crippen LogP contribution in [0.25, 0.3) is 0 Å². The quantitative estimate of drug-likeness (QED) is 0.756. The lowest BCUT2D eigenvalue weighted by Crippen LogP contribution is -2.31. The third-order valence-corrected chi connectivity index (χ3v) is 1.74. The molecule has 5 heteroatoms. The van der Waals surface area contributed by atoms with Gasteiger partial charge in [0, 0.05) is 12.1 Å². The molecule has 0 spiro atoms. The van der Waals surface area contributed by atoms with Crippen LogP contribution >= 0.6 is 0 Å². The lowest BCUT2D eigenvalue weighted by atomic mass is 10.1. The van der Waals surface area contributed by atoms with E-state index in [2.05, 4.69) is 5.32 Å². The van der Waals surface area contributed by atoms with E-state index >= 15 is 0 Å². The number of rotatable bonds is 3.